The Bertz CT molecular complexity index is 4950. The number of nitrogens with zero attached hydrogens (tertiary/aromatic N) is 4. The van der Waals surface area contributed by atoms with E-state index in [0.717, 1.165) is 104 Å². The van der Waals surface area contributed by atoms with Crippen LogP contribution in [0.5, 0.6) is 0 Å². The normalized spacial score (nSPS) is 14.8. The van der Waals surface area contributed by atoms with Gasteiger partial charge in [0.2, 0.25) is 0 Å². The molecule has 0 aliphatic carbocycles. The van der Waals surface area contributed by atoms with E-state index < -0.39 is 0 Å². The number of hydrogen-bond donors (Lipinski definition) is 0. The van der Waals surface area contributed by atoms with Crippen LogP contribution in [0.2, 0.25) is 0 Å². The fraction of sp³-hybridized carbons (Fsp3) is 0.122. The first-order valence-corrected chi connectivity index (χ1v) is 31.2. The van der Waals surface area contributed by atoms with Gasteiger partial charge in [-0.15, -0.1) is 0 Å². The molecule has 0 spiro atoms. The summed E-state index contributed by atoms with van der Waals surface area (Å²) in [6.45, 7) is 8.38. The molecule has 0 radical (unpaired) electrons. The van der Waals surface area contributed by atoms with E-state index in [0.29, 0.717) is 12.1 Å². The molecule has 6 heteroatoms. The minimum absolute atomic E-state index is 0.532. The van der Waals surface area contributed by atoms with Gasteiger partial charge in [0.25, 0.3) is 0 Å². The highest BCUT2D eigenvalue weighted by atomic mass is 16.3. The van der Waals surface area contributed by atoms with Gasteiger partial charge in [-0.25, -0.2) is 0 Å². The van der Waals surface area contributed by atoms with E-state index in [1.807, 2.05) is 38.1 Å². The molecule has 6 nitrogen and oxygen atoms in total. The maximum Gasteiger partial charge on any atom is 0.159 e. The van der Waals surface area contributed by atoms with Crippen molar-refractivity contribution in [1.29, 1.82) is 0 Å². The van der Waals surface area contributed by atoms with Crippen molar-refractivity contribution < 1.29 is 8.83 Å². The van der Waals surface area contributed by atoms with Gasteiger partial charge in [-0.05, 0) is 199 Å². The van der Waals surface area contributed by atoms with Crippen LogP contribution in [0.4, 0.5) is 56.9 Å². The van der Waals surface area contributed by atoms with Crippen LogP contribution in [0.1, 0.15) is 47.2 Å². The van der Waals surface area contributed by atoms with Crippen LogP contribution in [0.3, 0.4) is 0 Å². The average Bonchev–Trinajstić information content (AvgIpc) is 2.45. The molecule has 2 atom stereocenters. The molecular weight excluding hydrogens is 1070 g/mol. The molecule has 0 saturated carbocycles. The smallest absolute Gasteiger partial charge is 0.159 e. The second-order valence-corrected chi connectivity index (χ2v) is 23.8. The Morgan fingerprint density at radius 3 is 1.25 bits per heavy atom. The Labute approximate surface area is 514 Å². The maximum absolute atomic E-state index is 6.46. The number of rotatable bonds is 8. The van der Waals surface area contributed by atoms with E-state index in [2.05, 4.69) is 276 Å². The first kappa shape index (κ1) is 53.0. The molecule has 88 heavy (non-hydrogen) atoms. The fourth-order valence-corrected chi connectivity index (χ4v) is 14.5. The van der Waals surface area contributed by atoms with Crippen LogP contribution < -0.4 is 19.6 Å². The minimum Gasteiger partial charge on any atom is -0.456 e. The number of benzene rings is 12. The summed E-state index contributed by atoms with van der Waals surface area (Å²) >= 11 is 0. The van der Waals surface area contributed by atoms with Crippen LogP contribution >= 0.6 is 0 Å². The summed E-state index contributed by atoms with van der Waals surface area (Å²) in [7, 11) is 0. The lowest BCUT2D eigenvalue weighted by Gasteiger charge is -2.25. The van der Waals surface area contributed by atoms with Gasteiger partial charge in [-0.2, -0.15) is 0 Å². The van der Waals surface area contributed by atoms with Crippen LogP contribution in [0, 0.1) is 13.8 Å². The summed E-state index contributed by atoms with van der Waals surface area (Å²) < 4.78 is 12.7. The molecule has 18 rings (SSSR count). The van der Waals surface area contributed by atoms with Crippen molar-refractivity contribution >= 4 is 101 Å². The second kappa shape index (κ2) is 21.7. The molecule has 0 saturated heterocycles. The predicted molar refractivity (Wildman–Crippen MR) is 368 cm³/mol. The van der Waals surface area contributed by atoms with E-state index in [-0.39, 0.29) is 0 Å². The summed E-state index contributed by atoms with van der Waals surface area (Å²) in [6.07, 6.45) is 4.45. The third-order valence-corrected chi connectivity index (χ3v) is 18.4. The Morgan fingerprint density at radius 2 is 0.705 bits per heavy atom. The second-order valence-electron chi connectivity index (χ2n) is 23.8. The molecule has 14 aromatic rings. The van der Waals surface area contributed by atoms with E-state index in [4.69, 9.17) is 8.83 Å². The van der Waals surface area contributed by atoms with Gasteiger partial charge in [0.1, 0.15) is 16.7 Å². The highest BCUT2D eigenvalue weighted by Gasteiger charge is 2.38. The number of anilines is 10. The Balaban J connectivity index is 0.000000138. The quantitative estimate of drug-likeness (QED) is 0.151. The van der Waals surface area contributed by atoms with Gasteiger partial charge in [-0.1, -0.05) is 171 Å². The zero-order valence-electron chi connectivity index (χ0n) is 50.0. The minimum atomic E-state index is 0.532. The lowest BCUT2D eigenvalue weighted by molar-refractivity contribution is 0.668. The zero-order chi connectivity index (χ0) is 59.0. The Hall–Kier alpha value is -10.6. The monoisotopic (exact) mass is 1140 g/mol. The third-order valence-electron chi connectivity index (χ3n) is 18.4. The molecule has 6 heterocycles. The molecule has 4 aliphatic heterocycles. The summed E-state index contributed by atoms with van der Waals surface area (Å²) in [5.41, 5.74) is 29.2. The Kier molecular flexibility index (Phi) is 13.1. The largest absolute Gasteiger partial charge is 0.456 e. The van der Waals surface area contributed by atoms with E-state index in [9.17, 15) is 0 Å². The fourth-order valence-electron chi connectivity index (χ4n) is 14.5. The van der Waals surface area contributed by atoms with Crippen LogP contribution in [0.15, 0.2) is 276 Å². The van der Waals surface area contributed by atoms with Crippen LogP contribution in [0.25, 0.3) is 66.1 Å². The van der Waals surface area contributed by atoms with Crippen molar-refractivity contribution in [2.75, 3.05) is 19.6 Å². The Morgan fingerprint density at radius 1 is 0.307 bits per heavy atom. The third kappa shape index (κ3) is 9.09. The molecule has 0 amide bonds. The van der Waals surface area contributed by atoms with Crippen molar-refractivity contribution in [3.8, 4) is 22.3 Å². The summed E-state index contributed by atoms with van der Waals surface area (Å²) in [5.74, 6) is 0. The van der Waals surface area contributed by atoms with Crippen molar-refractivity contribution in [1.82, 2.24) is 0 Å². The SMILES string of the molecule is CC.Cc1ccc2c(c1)CC1Cc3cc(-c4ccc(N(c5ccccc5)c5ccc6c(c5)oc5ccccc56)cc4)ccc3N21.Cc1ccc2c(c1)CC1Cc3cc(-c4ccc(N(c5ccccc5)c5cccc6c5oc5ccccc56)cc4)ccc3N21. The maximum atomic E-state index is 6.46. The van der Waals surface area contributed by atoms with Gasteiger partial charge in [0, 0.05) is 90.9 Å². The molecule has 0 bridgehead atoms. The average molecular weight is 1140 g/mol. The topological polar surface area (TPSA) is 39.2 Å². The van der Waals surface area contributed by atoms with Crippen LogP contribution in [-0.2, 0) is 25.7 Å². The lowest BCUT2D eigenvalue weighted by Crippen LogP contribution is -2.22. The van der Waals surface area contributed by atoms with E-state index >= 15 is 0 Å². The molecule has 4 aliphatic rings. The number of aryl methyl sites for hydroxylation is 2. The highest BCUT2D eigenvalue weighted by molar-refractivity contribution is 6.10. The van der Waals surface area contributed by atoms with Crippen LogP contribution in [-0.4, -0.2) is 12.1 Å². The lowest BCUT2D eigenvalue weighted by atomic mass is 9.98. The first-order valence-electron chi connectivity index (χ1n) is 31.2. The summed E-state index contributed by atoms with van der Waals surface area (Å²) in [6, 6.07) is 97.4. The molecular formula is C82H66N4O2. The number of furan rings is 2. The van der Waals surface area contributed by atoms with Crippen molar-refractivity contribution in [2.45, 2.75) is 65.5 Å². The predicted octanol–water partition coefficient (Wildman–Crippen LogP) is 22.3. The summed E-state index contributed by atoms with van der Waals surface area (Å²) in [5, 5.41) is 4.55. The van der Waals surface area contributed by atoms with Gasteiger partial charge >= 0.3 is 0 Å². The van der Waals surface area contributed by atoms with Gasteiger partial charge < -0.3 is 28.4 Å². The standard InChI is InChI=1S/2C40H30N2O.C2H6/c1-26-14-20-36-29(22-26)24-33-25-30-23-28(17-21-37(30)42(33)36)27-15-18-32(19-16-27)41(31-8-3-2-4-9-31)38-12-7-11-35-34-10-5-6-13-39(34)43-40(35)38;1-26-11-19-37-29(21-26)23-34-24-30-22-28(14-20-38(30)42(34)37)27-12-15-32(16-13-27)41(31-7-3-2-4-8-31)33-17-18-36-35-9-5-6-10-39(35)43-40(36)25-33;1-2/h2-23,33H,24-25H2,1H3;2-22,25,34H,23-24H2,1H3;1-2H3. The molecule has 12 aromatic carbocycles. The van der Waals surface area contributed by atoms with E-state index in [1.54, 1.807) is 0 Å². The van der Waals surface area contributed by atoms with Gasteiger partial charge in [0.05, 0.1) is 5.69 Å². The number of para-hydroxylation sites is 5. The van der Waals surface area contributed by atoms with E-state index in [1.165, 1.54) is 78.4 Å². The van der Waals surface area contributed by atoms with Gasteiger partial charge in [-0.3, -0.25) is 0 Å². The highest BCUT2D eigenvalue weighted by Crippen LogP contribution is 2.50. The number of hydrogen-bond acceptors (Lipinski definition) is 6. The van der Waals surface area contributed by atoms with Crippen molar-refractivity contribution in [2.24, 2.45) is 0 Å². The molecule has 0 fully saturated rings. The van der Waals surface area contributed by atoms with Crippen molar-refractivity contribution in [3.63, 3.8) is 0 Å². The first-order chi connectivity index (χ1) is 43.4. The zero-order valence-corrected chi connectivity index (χ0v) is 50.0. The number of fused-ring (bicyclic) bond motifs is 16. The molecule has 2 aromatic heterocycles. The van der Waals surface area contributed by atoms with Gasteiger partial charge in [0.15, 0.2) is 5.58 Å². The summed E-state index contributed by atoms with van der Waals surface area (Å²) in [4.78, 5) is 9.72. The molecule has 426 valence electrons. The molecule has 2 unspecified atom stereocenters. The van der Waals surface area contributed by atoms with Crippen molar-refractivity contribution in [3.05, 3.63) is 300 Å². The molecule has 0 N–H and O–H groups in total.